The summed E-state index contributed by atoms with van der Waals surface area (Å²) < 4.78 is 0.975. The second kappa shape index (κ2) is 7.52. The molecule has 0 saturated carbocycles. The zero-order valence-electron chi connectivity index (χ0n) is 14.1. The van der Waals surface area contributed by atoms with E-state index >= 15 is 0 Å². The Morgan fingerprint density at radius 1 is 1.26 bits per heavy atom. The first-order valence-corrected chi connectivity index (χ1v) is 10.6. The second-order valence-corrected chi connectivity index (χ2v) is 8.85. The van der Waals surface area contributed by atoms with E-state index in [4.69, 9.17) is 0 Å². The maximum absolute atomic E-state index is 10.6. The van der Waals surface area contributed by atoms with Gasteiger partial charge in [0.25, 0.3) is 0 Å². The fraction of sp³-hybridized carbons (Fsp3) is 0.111. The van der Waals surface area contributed by atoms with E-state index in [1.807, 2.05) is 48.7 Å². The molecule has 0 aliphatic carbocycles. The highest BCUT2D eigenvalue weighted by Gasteiger charge is 2.21. The highest BCUT2D eigenvalue weighted by atomic mass is 32.2. The molecule has 0 fully saturated rings. The van der Waals surface area contributed by atoms with Crippen molar-refractivity contribution >= 4 is 50.2 Å². The molecule has 1 unspecified atom stereocenters. The van der Waals surface area contributed by atoms with Crippen LogP contribution in [-0.2, 0) is 0 Å². The third kappa shape index (κ3) is 3.60. The van der Waals surface area contributed by atoms with Crippen LogP contribution in [0.2, 0.25) is 0 Å². The summed E-state index contributed by atoms with van der Waals surface area (Å²) in [5, 5.41) is 29.9. The summed E-state index contributed by atoms with van der Waals surface area (Å²) in [5.41, 5.74) is 0.998. The van der Waals surface area contributed by atoms with E-state index in [9.17, 15) is 10.4 Å². The largest absolute Gasteiger partial charge is 0.510 e. The van der Waals surface area contributed by atoms with E-state index in [0.717, 1.165) is 15.1 Å². The van der Waals surface area contributed by atoms with Gasteiger partial charge in [0, 0.05) is 0 Å². The minimum absolute atomic E-state index is 0.0240. The van der Waals surface area contributed by atoms with Crippen LogP contribution in [0.4, 0.5) is 0 Å². The van der Waals surface area contributed by atoms with Crippen molar-refractivity contribution in [3.8, 4) is 16.8 Å². The van der Waals surface area contributed by atoms with Gasteiger partial charge < -0.3 is 5.11 Å². The van der Waals surface area contributed by atoms with Crippen molar-refractivity contribution < 1.29 is 5.11 Å². The van der Waals surface area contributed by atoms with Gasteiger partial charge in [-0.25, -0.2) is 9.97 Å². The van der Waals surface area contributed by atoms with Crippen LogP contribution in [0.5, 0.6) is 0 Å². The molecule has 3 aromatic heterocycles. The summed E-state index contributed by atoms with van der Waals surface area (Å²) in [6.07, 6.45) is 0. The number of H-pyrrole nitrogens is 1. The molecule has 0 amide bonds. The topological polar surface area (TPSA) is 98.5 Å². The van der Waals surface area contributed by atoms with E-state index in [1.54, 1.807) is 11.3 Å². The molecule has 1 atom stereocenters. The lowest BCUT2D eigenvalue weighted by atomic mass is 10.2. The van der Waals surface area contributed by atoms with Crippen LogP contribution in [0.1, 0.15) is 11.9 Å². The molecular formula is C18H13N5OS3. The van der Waals surface area contributed by atoms with Gasteiger partial charge in [-0.1, -0.05) is 30.0 Å². The maximum Gasteiger partial charge on any atom is 0.209 e. The number of nitrogens with zero attached hydrogens (tertiary/aromatic N) is 4. The summed E-state index contributed by atoms with van der Waals surface area (Å²) in [4.78, 5) is 9.90. The number of fused-ring (bicyclic) bond motifs is 1. The predicted molar refractivity (Wildman–Crippen MR) is 110 cm³/mol. The Hall–Kier alpha value is -2.67. The number of para-hydroxylation sites is 1. The van der Waals surface area contributed by atoms with Crippen LogP contribution in [0.3, 0.4) is 0 Å². The lowest BCUT2D eigenvalue weighted by Crippen LogP contribution is -2.04. The van der Waals surface area contributed by atoms with Crippen LogP contribution >= 0.6 is 34.4 Å². The van der Waals surface area contributed by atoms with Crippen LogP contribution in [0.15, 0.2) is 52.7 Å². The number of aliphatic hydroxyl groups excluding tert-OH is 1. The number of aromatic nitrogens is 4. The summed E-state index contributed by atoms with van der Waals surface area (Å²) in [7, 11) is 0. The molecule has 0 aliphatic heterocycles. The van der Waals surface area contributed by atoms with Gasteiger partial charge in [-0.05, 0) is 30.5 Å². The van der Waals surface area contributed by atoms with Gasteiger partial charge in [0.2, 0.25) is 5.16 Å². The number of thioether (sulfide) groups is 1. The van der Waals surface area contributed by atoms with E-state index in [1.165, 1.54) is 23.1 Å². The Morgan fingerprint density at radius 3 is 2.85 bits per heavy atom. The molecule has 0 aliphatic rings. The molecule has 2 N–H and O–H groups in total. The summed E-state index contributed by atoms with van der Waals surface area (Å²) in [6, 6.07) is 13.7. The van der Waals surface area contributed by atoms with E-state index in [2.05, 4.69) is 26.2 Å². The number of nitriles is 1. The first-order chi connectivity index (χ1) is 13.2. The number of rotatable bonds is 5. The zero-order valence-corrected chi connectivity index (χ0v) is 16.5. The van der Waals surface area contributed by atoms with Gasteiger partial charge in [0.15, 0.2) is 5.82 Å². The van der Waals surface area contributed by atoms with Crippen molar-refractivity contribution in [1.29, 1.82) is 5.26 Å². The van der Waals surface area contributed by atoms with Crippen LogP contribution in [-0.4, -0.2) is 30.5 Å². The van der Waals surface area contributed by atoms with Gasteiger partial charge in [-0.3, -0.25) is 5.10 Å². The first kappa shape index (κ1) is 17.7. The number of hydrogen-bond donors (Lipinski definition) is 2. The lowest BCUT2D eigenvalue weighted by Gasteiger charge is -2.09. The maximum atomic E-state index is 10.6. The van der Waals surface area contributed by atoms with Crippen molar-refractivity contribution in [2.75, 3.05) is 0 Å². The van der Waals surface area contributed by atoms with Gasteiger partial charge >= 0.3 is 0 Å². The number of thiophene rings is 1. The minimum atomic E-state index is -0.390. The Balaban J connectivity index is 1.59. The molecule has 0 radical (unpaired) electrons. The normalized spacial score (nSPS) is 13.3. The number of nitrogens with one attached hydrogen (secondary N) is 1. The quantitative estimate of drug-likeness (QED) is 0.269. The lowest BCUT2D eigenvalue weighted by molar-refractivity contribution is 0.402. The van der Waals surface area contributed by atoms with Gasteiger partial charge in [-0.15, -0.1) is 27.8 Å². The number of aromatic amines is 1. The Labute approximate surface area is 167 Å². The van der Waals surface area contributed by atoms with Gasteiger partial charge in [-0.2, -0.15) is 5.26 Å². The minimum Gasteiger partial charge on any atom is -0.510 e. The van der Waals surface area contributed by atoms with Crippen molar-refractivity contribution in [2.24, 2.45) is 0 Å². The number of thiazole rings is 1. The van der Waals surface area contributed by atoms with Crippen molar-refractivity contribution in [1.82, 2.24) is 20.2 Å². The number of benzene rings is 1. The molecule has 0 spiro atoms. The molecule has 3 heterocycles. The first-order valence-electron chi connectivity index (χ1n) is 7.98. The highest BCUT2D eigenvalue weighted by Crippen LogP contribution is 2.33. The fourth-order valence-electron chi connectivity index (χ4n) is 2.43. The molecule has 134 valence electrons. The van der Waals surface area contributed by atoms with Crippen LogP contribution in [0.25, 0.3) is 26.5 Å². The Morgan fingerprint density at radius 2 is 2.11 bits per heavy atom. The summed E-state index contributed by atoms with van der Waals surface area (Å²) >= 11 is 4.24. The molecule has 1 aromatic carbocycles. The van der Waals surface area contributed by atoms with Crippen LogP contribution < -0.4 is 0 Å². The second-order valence-electron chi connectivity index (χ2n) is 5.56. The monoisotopic (exact) mass is 411 g/mol. The molecular weight excluding hydrogens is 398 g/mol. The number of allylic oxidation sites excluding steroid dienone is 1. The fourth-order valence-corrected chi connectivity index (χ4v) is 4.85. The third-order valence-electron chi connectivity index (χ3n) is 3.76. The third-order valence-corrected chi connectivity index (χ3v) is 6.66. The van der Waals surface area contributed by atoms with E-state index < -0.39 is 5.25 Å². The van der Waals surface area contributed by atoms with Crippen molar-refractivity contribution in [3.63, 3.8) is 0 Å². The van der Waals surface area contributed by atoms with Crippen molar-refractivity contribution in [3.05, 3.63) is 52.5 Å². The van der Waals surface area contributed by atoms with Gasteiger partial charge in [0.05, 0.1) is 20.3 Å². The number of hydrogen-bond acceptors (Lipinski definition) is 8. The SMILES string of the molecule is CC(Sc1n[nH]c(-c2cccs2)n1)/C(O)=C(/C#N)c1nc2ccccc2s1. The molecule has 0 bridgehead atoms. The van der Waals surface area contributed by atoms with Crippen molar-refractivity contribution in [2.45, 2.75) is 17.3 Å². The molecule has 0 saturated heterocycles. The average Bonchev–Trinajstić information content (AvgIpc) is 3.42. The molecule has 9 heteroatoms. The standard InChI is InChI=1S/C18H13N5OS3/c1-10(26-18-21-16(22-23-18)14-7-4-8-25-14)15(24)11(9-19)17-20-12-5-2-3-6-13(12)27-17/h2-8,10,24H,1H3,(H,21,22,23)/b15-11+. The smallest absolute Gasteiger partial charge is 0.209 e. The van der Waals surface area contributed by atoms with Gasteiger partial charge in [0.1, 0.15) is 22.4 Å². The highest BCUT2D eigenvalue weighted by molar-refractivity contribution is 7.99. The molecule has 6 nitrogen and oxygen atoms in total. The Bertz CT molecular complexity index is 1120. The summed E-state index contributed by atoms with van der Waals surface area (Å²) in [6.45, 7) is 1.81. The average molecular weight is 412 g/mol. The Kier molecular flexibility index (Phi) is 4.94. The number of aliphatic hydroxyl groups is 1. The van der Waals surface area contributed by atoms with Crippen LogP contribution in [0, 0.1) is 11.3 Å². The van der Waals surface area contributed by atoms with E-state index in [0.29, 0.717) is 16.0 Å². The predicted octanol–water partition coefficient (Wildman–Crippen LogP) is 5.12. The van der Waals surface area contributed by atoms with E-state index in [-0.39, 0.29) is 11.3 Å². The zero-order chi connectivity index (χ0) is 18.8. The molecule has 27 heavy (non-hydrogen) atoms. The molecule has 4 rings (SSSR count). The summed E-state index contributed by atoms with van der Waals surface area (Å²) in [5.74, 6) is 0.666. The molecule has 4 aromatic rings.